The number of rotatable bonds is 9. The predicted molar refractivity (Wildman–Crippen MR) is 126 cm³/mol. The standard InChI is InChI=1S/C25H27N5O3/c1-17-3-4-18(9-25(17)30(31)32)12-27-13-19-15-29(16-19)8-7-22-20(11-26)14-28-24-6-5-21(33-2)10-23(22)24/h3-6,9-10,14,19,27H,7-8,12-13,15-16H2,1-2H3. The highest BCUT2D eigenvalue weighted by molar-refractivity contribution is 5.85. The van der Waals surface area contributed by atoms with Crippen LogP contribution in [0.25, 0.3) is 10.9 Å². The summed E-state index contributed by atoms with van der Waals surface area (Å²) >= 11 is 0. The SMILES string of the molecule is COc1ccc2ncc(C#N)c(CCN3CC(CNCc4ccc(C)c([N+](=O)[O-])c4)C3)c2c1. The van der Waals surface area contributed by atoms with Crippen molar-refractivity contribution in [3.8, 4) is 11.8 Å². The number of methoxy groups -OCH3 is 1. The molecule has 0 atom stereocenters. The molecule has 0 aliphatic carbocycles. The van der Waals surface area contributed by atoms with Crippen LogP contribution in [0, 0.1) is 34.3 Å². The molecule has 0 spiro atoms. The van der Waals surface area contributed by atoms with E-state index in [1.165, 1.54) is 0 Å². The third-order valence-corrected chi connectivity index (χ3v) is 6.25. The van der Waals surface area contributed by atoms with Gasteiger partial charge in [-0.25, -0.2) is 0 Å². The summed E-state index contributed by atoms with van der Waals surface area (Å²) in [6, 6.07) is 13.4. The molecule has 1 aliphatic heterocycles. The Labute approximate surface area is 193 Å². The Morgan fingerprint density at radius 1 is 1.30 bits per heavy atom. The van der Waals surface area contributed by atoms with E-state index < -0.39 is 0 Å². The van der Waals surface area contributed by atoms with Crippen LogP contribution in [-0.2, 0) is 13.0 Å². The van der Waals surface area contributed by atoms with E-state index in [0.717, 1.165) is 60.4 Å². The van der Waals surface area contributed by atoms with Gasteiger partial charge in [-0.1, -0.05) is 12.1 Å². The zero-order valence-corrected chi connectivity index (χ0v) is 18.9. The monoisotopic (exact) mass is 445 g/mol. The first-order valence-corrected chi connectivity index (χ1v) is 11.0. The lowest BCUT2D eigenvalue weighted by Crippen LogP contribution is -2.51. The molecule has 2 heterocycles. The van der Waals surface area contributed by atoms with Crippen LogP contribution in [0.2, 0.25) is 0 Å². The smallest absolute Gasteiger partial charge is 0.272 e. The van der Waals surface area contributed by atoms with Crippen molar-refractivity contribution >= 4 is 16.6 Å². The van der Waals surface area contributed by atoms with Gasteiger partial charge < -0.3 is 15.0 Å². The van der Waals surface area contributed by atoms with Gasteiger partial charge in [-0.2, -0.15) is 5.26 Å². The second-order valence-electron chi connectivity index (χ2n) is 8.53. The van der Waals surface area contributed by atoms with Crippen molar-refractivity contribution in [2.45, 2.75) is 19.9 Å². The van der Waals surface area contributed by atoms with Crippen molar-refractivity contribution in [1.29, 1.82) is 5.26 Å². The molecule has 3 aromatic rings. The molecule has 1 aliphatic rings. The van der Waals surface area contributed by atoms with Crippen molar-refractivity contribution in [3.63, 3.8) is 0 Å². The summed E-state index contributed by atoms with van der Waals surface area (Å²) in [5.74, 6) is 1.31. The number of nitro benzene ring substituents is 1. The number of benzene rings is 2. The second-order valence-corrected chi connectivity index (χ2v) is 8.53. The molecule has 0 unspecified atom stereocenters. The van der Waals surface area contributed by atoms with Crippen LogP contribution in [-0.4, -0.2) is 48.1 Å². The van der Waals surface area contributed by atoms with Crippen LogP contribution in [0.3, 0.4) is 0 Å². The van der Waals surface area contributed by atoms with E-state index >= 15 is 0 Å². The molecule has 8 nitrogen and oxygen atoms in total. The topological polar surface area (TPSA) is 104 Å². The first-order chi connectivity index (χ1) is 16.0. The Morgan fingerprint density at radius 2 is 2.12 bits per heavy atom. The van der Waals surface area contributed by atoms with Crippen LogP contribution >= 0.6 is 0 Å². The van der Waals surface area contributed by atoms with Crippen molar-refractivity contribution in [2.75, 3.05) is 33.3 Å². The lowest BCUT2D eigenvalue weighted by Gasteiger charge is -2.39. The van der Waals surface area contributed by atoms with Crippen LogP contribution in [0.4, 0.5) is 5.69 Å². The third-order valence-electron chi connectivity index (χ3n) is 6.25. The second kappa shape index (κ2) is 9.94. The lowest BCUT2D eigenvalue weighted by atomic mass is 9.97. The van der Waals surface area contributed by atoms with Gasteiger partial charge in [-0.3, -0.25) is 15.1 Å². The van der Waals surface area contributed by atoms with Gasteiger partial charge in [0.1, 0.15) is 11.8 Å². The number of fused-ring (bicyclic) bond motifs is 1. The van der Waals surface area contributed by atoms with Crippen molar-refractivity contribution in [1.82, 2.24) is 15.2 Å². The molecule has 1 fully saturated rings. The molecule has 0 bridgehead atoms. The van der Waals surface area contributed by atoms with Gasteiger partial charge >= 0.3 is 0 Å². The van der Waals surface area contributed by atoms with Crippen LogP contribution in [0.15, 0.2) is 42.6 Å². The van der Waals surface area contributed by atoms with Gasteiger partial charge in [0.25, 0.3) is 5.69 Å². The van der Waals surface area contributed by atoms with Crippen molar-refractivity contribution in [2.24, 2.45) is 5.92 Å². The van der Waals surface area contributed by atoms with E-state index in [9.17, 15) is 15.4 Å². The van der Waals surface area contributed by atoms with Crippen LogP contribution < -0.4 is 10.1 Å². The number of nitro groups is 1. The summed E-state index contributed by atoms with van der Waals surface area (Å²) in [5, 5.41) is 25.1. The van der Waals surface area contributed by atoms with Gasteiger partial charge in [0.05, 0.1) is 23.1 Å². The molecule has 4 rings (SSSR count). The van der Waals surface area contributed by atoms with E-state index in [1.54, 1.807) is 32.4 Å². The molecule has 2 aromatic carbocycles. The molecule has 0 amide bonds. The Hall–Kier alpha value is -3.54. The van der Waals surface area contributed by atoms with E-state index in [2.05, 4.69) is 21.3 Å². The number of ether oxygens (including phenoxy) is 1. The number of pyridine rings is 1. The quantitative estimate of drug-likeness (QED) is 0.396. The highest BCUT2D eigenvalue weighted by Crippen LogP contribution is 2.26. The first-order valence-electron chi connectivity index (χ1n) is 11.0. The van der Waals surface area contributed by atoms with E-state index in [1.807, 2.05) is 24.3 Å². The van der Waals surface area contributed by atoms with Crippen LogP contribution in [0.1, 0.15) is 22.3 Å². The van der Waals surface area contributed by atoms with E-state index in [0.29, 0.717) is 23.6 Å². The highest BCUT2D eigenvalue weighted by Gasteiger charge is 2.26. The Morgan fingerprint density at radius 3 is 2.85 bits per heavy atom. The highest BCUT2D eigenvalue weighted by atomic mass is 16.6. The largest absolute Gasteiger partial charge is 0.497 e. The molecule has 8 heteroatoms. The summed E-state index contributed by atoms with van der Waals surface area (Å²) in [6.45, 7) is 6.12. The Bertz CT molecular complexity index is 1210. The Kier molecular flexibility index (Phi) is 6.82. The molecule has 1 aromatic heterocycles. The molecule has 170 valence electrons. The van der Waals surface area contributed by atoms with Gasteiger partial charge in [-0.15, -0.1) is 0 Å². The summed E-state index contributed by atoms with van der Waals surface area (Å²) in [4.78, 5) is 17.6. The minimum Gasteiger partial charge on any atom is -0.497 e. The summed E-state index contributed by atoms with van der Waals surface area (Å²) < 4.78 is 5.35. The number of hydrogen-bond donors (Lipinski definition) is 1. The molecule has 33 heavy (non-hydrogen) atoms. The molecule has 1 N–H and O–H groups in total. The fourth-order valence-electron chi connectivity index (χ4n) is 4.36. The van der Waals surface area contributed by atoms with Gasteiger partial charge in [0, 0.05) is 55.9 Å². The number of likely N-dealkylation sites (tertiary alicyclic amines) is 1. The number of nitrogens with one attached hydrogen (secondary N) is 1. The average molecular weight is 446 g/mol. The molecule has 0 radical (unpaired) electrons. The lowest BCUT2D eigenvalue weighted by molar-refractivity contribution is -0.385. The summed E-state index contributed by atoms with van der Waals surface area (Å²) in [7, 11) is 1.64. The van der Waals surface area contributed by atoms with Crippen molar-refractivity contribution in [3.05, 3.63) is 75.0 Å². The molecular weight excluding hydrogens is 418 g/mol. The van der Waals surface area contributed by atoms with Gasteiger partial charge in [-0.05, 0) is 48.6 Å². The number of nitriles is 1. The fraction of sp³-hybridized carbons (Fsp3) is 0.360. The molecule has 0 saturated carbocycles. The van der Waals surface area contributed by atoms with Gasteiger partial charge in [0.2, 0.25) is 0 Å². The van der Waals surface area contributed by atoms with E-state index in [-0.39, 0.29) is 10.6 Å². The van der Waals surface area contributed by atoms with Crippen molar-refractivity contribution < 1.29 is 9.66 Å². The summed E-state index contributed by atoms with van der Waals surface area (Å²) in [5.41, 5.74) is 4.27. The van der Waals surface area contributed by atoms with Crippen LogP contribution in [0.5, 0.6) is 5.75 Å². The minimum absolute atomic E-state index is 0.169. The zero-order chi connectivity index (χ0) is 23.4. The maximum atomic E-state index is 11.1. The maximum absolute atomic E-state index is 11.1. The Balaban J connectivity index is 1.28. The molecule has 1 saturated heterocycles. The molecular formula is C25H27N5O3. The van der Waals surface area contributed by atoms with Gasteiger partial charge in [0.15, 0.2) is 0 Å². The number of aromatic nitrogens is 1. The van der Waals surface area contributed by atoms with E-state index in [4.69, 9.17) is 4.74 Å². The number of hydrogen-bond acceptors (Lipinski definition) is 7. The normalized spacial score (nSPS) is 14.1. The predicted octanol–water partition coefficient (Wildman–Crippen LogP) is 3.60. The summed E-state index contributed by atoms with van der Waals surface area (Å²) in [6.07, 6.45) is 2.44. The third kappa shape index (κ3) is 5.11. The first kappa shape index (κ1) is 22.6. The average Bonchev–Trinajstić information content (AvgIpc) is 2.80. The minimum atomic E-state index is -0.331. The number of aryl methyl sites for hydroxylation is 1. The number of nitrogens with zero attached hydrogens (tertiary/aromatic N) is 4. The zero-order valence-electron chi connectivity index (χ0n) is 18.9. The fourth-order valence-corrected chi connectivity index (χ4v) is 4.36. The maximum Gasteiger partial charge on any atom is 0.272 e.